The van der Waals surface area contributed by atoms with Gasteiger partial charge >= 0.3 is 0 Å². The molecule has 0 bridgehead atoms. The zero-order valence-electron chi connectivity index (χ0n) is 9.83. The van der Waals surface area contributed by atoms with Crippen molar-refractivity contribution in [2.45, 2.75) is 0 Å². The van der Waals surface area contributed by atoms with Crippen LogP contribution >= 0.6 is 11.3 Å². The van der Waals surface area contributed by atoms with Crippen molar-refractivity contribution >= 4 is 22.4 Å². The molecular weight excluding hydrogens is 260 g/mol. The largest absolute Gasteiger partial charge is 0.298 e. The predicted molar refractivity (Wildman–Crippen MR) is 74.1 cm³/mol. The van der Waals surface area contributed by atoms with Crippen LogP contribution in [0.5, 0.6) is 0 Å². The first-order valence-electron chi connectivity index (χ1n) is 5.63. The SMILES string of the molecule is O=C(Nc1nccs1)c1ccc(-c2cn[nH]c2)cc1. The van der Waals surface area contributed by atoms with Crippen LogP contribution in [0.1, 0.15) is 10.4 Å². The molecule has 0 aliphatic heterocycles. The van der Waals surface area contributed by atoms with Gasteiger partial charge in [-0.15, -0.1) is 11.3 Å². The molecule has 0 fully saturated rings. The van der Waals surface area contributed by atoms with Crippen molar-refractivity contribution in [2.75, 3.05) is 5.32 Å². The van der Waals surface area contributed by atoms with Gasteiger partial charge in [-0.3, -0.25) is 15.2 Å². The van der Waals surface area contributed by atoms with Gasteiger partial charge in [0.2, 0.25) is 0 Å². The molecule has 1 amide bonds. The Bertz CT molecular complexity index is 659. The van der Waals surface area contributed by atoms with Gasteiger partial charge in [-0.2, -0.15) is 5.10 Å². The third-order valence-electron chi connectivity index (χ3n) is 2.63. The number of benzene rings is 1. The van der Waals surface area contributed by atoms with Crippen molar-refractivity contribution in [2.24, 2.45) is 0 Å². The Morgan fingerprint density at radius 3 is 2.68 bits per heavy atom. The number of hydrogen-bond donors (Lipinski definition) is 2. The van der Waals surface area contributed by atoms with Gasteiger partial charge in [0.25, 0.3) is 5.91 Å². The van der Waals surface area contributed by atoms with E-state index >= 15 is 0 Å². The smallest absolute Gasteiger partial charge is 0.257 e. The summed E-state index contributed by atoms with van der Waals surface area (Å²) in [5.41, 5.74) is 2.61. The second-order valence-electron chi connectivity index (χ2n) is 3.86. The fraction of sp³-hybridized carbons (Fsp3) is 0. The highest BCUT2D eigenvalue weighted by Gasteiger charge is 2.07. The van der Waals surface area contributed by atoms with Gasteiger partial charge in [-0.1, -0.05) is 12.1 Å². The molecule has 2 N–H and O–H groups in total. The van der Waals surface area contributed by atoms with Gasteiger partial charge in [0.05, 0.1) is 6.20 Å². The summed E-state index contributed by atoms with van der Waals surface area (Å²) >= 11 is 1.39. The Morgan fingerprint density at radius 2 is 2.05 bits per heavy atom. The Hall–Kier alpha value is -2.47. The molecule has 1 aromatic carbocycles. The lowest BCUT2D eigenvalue weighted by Gasteiger charge is -2.02. The van der Waals surface area contributed by atoms with Crippen molar-refractivity contribution in [3.8, 4) is 11.1 Å². The molecule has 0 aliphatic rings. The fourth-order valence-corrected chi connectivity index (χ4v) is 2.20. The molecule has 2 aromatic heterocycles. The van der Waals surface area contributed by atoms with Crippen molar-refractivity contribution in [3.63, 3.8) is 0 Å². The highest BCUT2D eigenvalue weighted by Crippen LogP contribution is 2.19. The minimum absolute atomic E-state index is 0.159. The Labute approximate surface area is 113 Å². The first kappa shape index (κ1) is 11.6. The van der Waals surface area contributed by atoms with E-state index in [1.165, 1.54) is 11.3 Å². The van der Waals surface area contributed by atoms with Gasteiger partial charge in [-0.25, -0.2) is 4.98 Å². The number of carbonyl (C=O) groups is 1. The summed E-state index contributed by atoms with van der Waals surface area (Å²) in [5, 5.41) is 11.8. The molecule has 0 radical (unpaired) electrons. The van der Waals surface area contributed by atoms with Crippen LogP contribution in [-0.2, 0) is 0 Å². The first-order valence-corrected chi connectivity index (χ1v) is 6.51. The van der Waals surface area contributed by atoms with E-state index in [-0.39, 0.29) is 5.91 Å². The number of thiazole rings is 1. The molecule has 3 aromatic rings. The number of anilines is 1. The van der Waals surface area contributed by atoms with Gasteiger partial charge in [0.1, 0.15) is 0 Å². The second kappa shape index (κ2) is 5.03. The topological polar surface area (TPSA) is 70.7 Å². The van der Waals surface area contributed by atoms with Crippen LogP contribution < -0.4 is 5.32 Å². The number of amides is 1. The molecule has 19 heavy (non-hydrogen) atoms. The van der Waals surface area contributed by atoms with E-state index in [9.17, 15) is 4.79 Å². The summed E-state index contributed by atoms with van der Waals surface area (Å²) in [6.07, 6.45) is 5.21. The van der Waals surface area contributed by atoms with Crippen LogP contribution in [0.25, 0.3) is 11.1 Å². The Morgan fingerprint density at radius 1 is 1.21 bits per heavy atom. The highest BCUT2D eigenvalue weighted by molar-refractivity contribution is 7.13. The molecule has 94 valence electrons. The lowest BCUT2D eigenvalue weighted by molar-refractivity contribution is 0.102. The number of nitrogens with zero attached hydrogens (tertiary/aromatic N) is 2. The summed E-state index contributed by atoms with van der Waals surface area (Å²) in [7, 11) is 0. The zero-order chi connectivity index (χ0) is 13.1. The Balaban J connectivity index is 1.77. The van der Waals surface area contributed by atoms with Crippen molar-refractivity contribution in [1.29, 1.82) is 0 Å². The summed E-state index contributed by atoms with van der Waals surface area (Å²) in [5.74, 6) is -0.159. The van der Waals surface area contributed by atoms with Crippen LogP contribution in [0.15, 0.2) is 48.2 Å². The van der Waals surface area contributed by atoms with Crippen molar-refractivity contribution < 1.29 is 4.79 Å². The van der Waals surface area contributed by atoms with Crippen molar-refractivity contribution in [1.82, 2.24) is 15.2 Å². The van der Waals surface area contributed by atoms with Crippen LogP contribution in [-0.4, -0.2) is 21.1 Å². The third kappa shape index (κ3) is 2.53. The number of aromatic nitrogens is 3. The maximum atomic E-state index is 11.9. The van der Waals surface area contributed by atoms with E-state index in [4.69, 9.17) is 0 Å². The first-order chi connectivity index (χ1) is 9.33. The summed E-state index contributed by atoms with van der Waals surface area (Å²) < 4.78 is 0. The van der Waals surface area contributed by atoms with Crippen LogP contribution in [0.2, 0.25) is 0 Å². The minimum atomic E-state index is -0.159. The van der Waals surface area contributed by atoms with Gasteiger partial charge in [-0.05, 0) is 17.7 Å². The molecular formula is C13H10N4OS. The molecule has 0 spiro atoms. The molecule has 0 saturated heterocycles. The lowest BCUT2D eigenvalue weighted by atomic mass is 10.1. The fourth-order valence-electron chi connectivity index (χ4n) is 1.68. The monoisotopic (exact) mass is 270 g/mol. The number of aromatic amines is 1. The zero-order valence-corrected chi connectivity index (χ0v) is 10.6. The number of carbonyl (C=O) groups excluding carboxylic acids is 1. The van der Waals surface area contributed by atoms with Gasteiger partial charge in [0.15, 0.2) is 5.13 Å². The Kier molecular flexibility index (Phi) is 3.07. The van der Waals surface area contributed by atoms with Gasteiger partial charge in [0, 0.05) is 28.9 Å². The number of nitrogens with one attached hydrogen (secondary N) is 2. The standard InChI is InChI=1S/C13H10N4OS/c18-12(17-13-14-5-6-19-13)10-3-1-9(2-4-10)11-7-15-16-8-11/h1-8H,(H,15,16)(H,14,17,18). The molecule has 0 unspecified atom stereocenters. The van der Waals surface area contributed by atoms with Gasteiger partial charge < -0.3 is 0 Å². The van der Waals surface area contributed by atoms with Crippen LogP contribution in [0.3, 0.4) is 0 Å². The van der Waals surface area contributed by atoms with E-state index in [1.54, 1.807) is 24.5 Å². The lowest BCUT2D eigenvalue weighted by Crippen LogP contribution is -2.11. The van der Waals surface area contributed by atoms with Crippen LogP contribution in [0.4, 0.5) is 5.13 Å². The third-order valence-corrected chi connectivity index (χ3v) is 3.32. The predicted octanol–water partition coefficient (Wildman–Crippen LogP) is 2.79. The molecule has 0 atom stereocenters. The molecule has 6 heteroatoms. The summed E-state index contributed by atoms with van der Waals surface area (Å²) in [6.45, 7) is 0. The molecule has 3 rings (SSSR count). The number of hydrogen-bond acceptors (Lipinski definition) is 4. The molecule has 5 nitrogen and oxygen atoms in total. The molecule has 2 heterocycles. The summed E-state index contributed by atoms with van der Waals surface area (Å²) in [6, 6.07) is 7.35. The maximum Gasteiger partial charge on any atom is 0.257 e. The average molecular weight is 270 g/mol. The van der Waals surface area contributed by atoms with E-state index in [0.29, 0.717) is 10.7 Å². The van der Waals surface area contributed by atoms with E-state index in [2.05, 4.69) is 20.5 Å². The van der Waals surface area contributed by atoms with E-state index < -0.39 is 0 Å². The quantitative estimate of drug-likeness (QED) is 0.768. The van der Waals surface area contributed by atoms with E-state index in [0.717, 1.165) is 11.1 Å². The highest BCUT2D eigenvalue weighted by atomic mass is 32.1. The van der Waals surface area contributed by atoms with Crippen LogP contribution in [0, 0.1) is 0 Å². The molecule has 0 saturated carbocycles. The maximum absolute atomic E-state index is 11.9. The molecule has 0 aliphatic carbocycles. The normalized spacial score (nSPS) is 10.3. The van der Waals surface area contributed by atoms with E-state index in [1.807, 2.05) is 23.7 Å². The number of rotatable bonds is 3. The number of H-pyrrole nitrogens is 1. The van der Waals surface area contributed by atoms with Crippen molar-refractivity contribution in [3.05, 3.63) is 53.8 Å². The second-order valence-corrected chi connectivity index (χ2v) is 4.75. The average Bonchev–Trinajstić information content (AvgIpc) is 3.12. The minimum Gasteiger partial charge on any atom is -0.298 e. The summed E-state index contributed by atoms with van der Waals surface area (Å²) in [4.78, 5) is 16.0.